The summed E-state index contributed by atoms with van der Waals surface area (Å²) in [4.78, 5) is 4.26. The van der Waals surface area contributed by atoms with Crippen molar-refractivity contribution >= 4 is 11.6 Å². The van der Waals surface area contributed by atoms with Crippen molar-refractivity contribution in [1.82, 2.24) is 14.9 Å². The molecular formula is C13H14ClN3. The summed E-state index contributed by atoms with van der Waals surface area (Å²) in [5, 5.41) is 4.25. The van der Waals surface area contributed by atoms with E-state index < -0.39 is 0 Å². The number of imidazole rings is 1. The Labute approximate surface area is 105 Å². The van der Waals surface area contributed by atoms with Gasteiger partial charge in [-0.2, -0.15) is 0 Å². The molecule has 1 N–H and O–H groups in total. The quantitative estimate of drug-likeness (QED) is 0.884. The third kappa shape index (κ3) is 2.08. The zero-order valence-electron chi connectivity index (χ0n) is 9.44. The van der Waals surface area contributed by atoms with Crippen LogP contribution in [0.15, 0.2) is 36.8 Å². The Balaban J connectivity index is 1.97. The van der Waals surface area contributed by atoms with Crippen molar-refractivity contribution in [2.75, 3.05) is 6.54 Å². The topological polar surface area (TPSA) is 29.9 Å². The largest absolute Gasteiger partial charge is 0.309 e. The van der Waals surface area contributed by atoms with Crippen LogP contribution < -0.4 is 5.32 Å². The van der Waals surface area contributed by atoms with Crippen LogP contribution in [0.25, 0.3) is 5.69 Å². The number of rotatable bonds is 2. The fraction of sp³-hybridized carbons (Fsp3) is 0.308. The van der Waals surface area contributed by atoms with Gasteiger partial charge in [0.25, 0.3) is 0 Å². The maximum atomic E-state index is 5.90. The summed E-state index contributed by atoms with van der Waals surface area (Å²) in [7, 11) is 0. The summed E-state index contributed by atoms with van der Waals surface area (Å²) >= 11 is 5.90. The highest BCUT2D eigenvalue weighted by Crippen LogP contribution is 2.25. The van der Waals surface area contributed by atoms with Crippen LogP contribution >= 0.6 is 11.6 Å². The second kappa shape index (κ2) is 4.51. The second-order valence-electron chi connectivity index (χ2n) is 4.31. The van der Waals surface area contributed by atoms with Gasteiger partial charge in [-0.25, -0.2) is 4.98 Å². The van der Waals surface area contributed by atoms with Gasteiger partial charge < -0.3 is 9.88 Å². The predicted molar refractivity (Wildman–Crippen MR) is 68.6 cm³/mol. The van der Waals surface area contributed by atoms with Gasteiger partial charge in [0.1, 0.15) is 0 Å². The number of benzene rings is 1. The number of aromatic nitrogens is 2. The summed E-state index contributed by atoms with van der Waals surface area (Å²) in [5.74, 6) is 0. The van der Waals surface area contributed by atoms with Gasteiger partial charge in [-0.3, -0.25) is 0 Å². The summed E-state index contributed by atoms with van der Waals surface area (Å²) in [6, 6.07) is 8.27. The van der Waals surface area contributed by atoms with Crippen LogP contribution in [0.1, 0.15) is 24.6 Å². The smallest absolute Gasteiger partial charge is 0.0994 e. The molecule has 0 radical (unpaired) electrons. The molecule has 3 rings (SSSR count). The van der Waals surface area contributed by atoms with Gasteiger partial charge in [-0.1, -0.05) is 11.6 Å². The van der Waals surface area contributed by atoms with Crippen LogP contribution in [-0.2, 0) is 0 Å². The van der Waals surface area contributed by atoms with Crippen LogP contribution in [0.3, 0.4) is 0 Å². The molecule has 0 saturated carbocycles. The van der Waals surface area contributed by atoms with E-state index in [0.29, 0.717) is 6.04 Å². The van der Waals surface area contributed by atoms with Gasteiger partial charge in [0.2, 0.25) is 0 Å². The van der Waals surface area contributed by atoms with E-state index in [9.17, 15) is 0 Å². The minimum absolute atomic E-state index is 0.424. The first-order valence-corrected chi connectivity index (χ1v) is 6.24. The molecular weight excluding hydrogens is 234 g/mol. The lowest BCUT2D eigenvalue weighted by atomic mass is 10.1. The van der Waals surface area contributed by atoms with Crippen LogP contribution in [0.4, 0.5) is 0 Å². The molecule has 4 heteroatoms. The molecule has 1 atom stereocenters. The molecule has 1 fully saturated rings. The monoisotopic (exact) mass is 247 g/mol. The Morgan fingerprint density at radius 3 is 2.82 bits per heavy atom. The molecule has 17 heavy (non-hydrogen) atoms. The maximum absolute atomic E-state index is 5.90. The first kappa shape index (κ1) is 10.8. The first-order valence-electron chi connectivity index (χ1n) is 5.86. The summed E-state index contributed by atoms with van der Waals surface area (Å²) in [6.07, 6.45) is 6.21. The number of hydrogen-bond acceptors (Lipinski definition) is 2. The molecule has 2 heterocycles. The fourth-order valence-corrected chi connectivity index (χ4v) is 2.44. The van der Waals surface area contributed by atoms with Gasteiger partial charge in [-0.05, 0) is 43.7 Å². The average Bonchev–Trinajstić information content (AvgIpc) is 3.00. The highest BCUT2D eigenvalue weighted by Gasteiger charge is 2.20. The standard InChI is InChI=1S/C13H14ClN3/c14-10-3-5-11(6-4-10)17-9-15-8-13(17)12-2-1-7-16-12/h3-6,8-9,12,16H,1-2,7H2/t12-/m0/s1. The van der Waals surface area contributed by atoms with Gasteiger partial charge in [0.15, 0.2) is 0 Å². The number of nitrogens with zero attached hydrogens (tertiary/aromatic N) is 2. The molecule has 1 aliphatic heterocycles. The Morgan fingerprint density at radius 2 is 2.12 bits per heavy atom. The minimum atomic E-state index is 0.424. The molecule has 88 valence electrons. The second-order valence-corrected chi connectivity index (χ2v) is 4.75. The SMILES string of the molecule is Clc1ccc(-n2cncc2[C@@H]2CCCN2)cc1. The Kier molecular flexibility index (Phi) is 2.87. The van der Waals surface area contributed by atoms with E-state index in [1.54, 1.807) is 0 Å². The molecule has 1 aromatic heterocycles. The third-order valence-corrected chi connectivity index (χ3v) is 3.44. The average molecular weight is 248 g/mol. The van der Waals surface area contributed by atoms with Gasteiger partial charge in [0, 0.05) is 16.8 Å². The van der Waals surface area contributed by atoms with E-state index in [0.717, 1.165) is 17.3 Å². The molecule has 0 spiro atoms. The van der Waals surface area contributed by atoms with E-state index in [4.69, 9.17) is 11.6 Å². The normalized spacial score (nSPS) is 19.7. The van der Waals surface area contributed by atoms with Crippen LogP contribution in [0, 0.1) is 0 Å². The minimum Gasteiger partial charge on any atom is -0.309 e. The number of hydrogen-bond donors (Lipinski definition) is 1. The highest BCUT2D eigenvalue weighted by atomic mass is 35.5. The van der Waals surface area contributed by atoms with E-state index in [2.05, 4.69) is 14.9 Å². The molecule has 0 unspecified atom stereocenters. The molecule has 1 saturated heterocycles. The lowest BCUT2D eigenvalue weighted by molar-refractivity contribution is 0.615. The van der Waals surface area contributed by atoms with Gasteiger partial charge >= 0.3 is 0 Å². The molecule has 0 aliphatic carbocycles. The van der Waals surface area contributed by atoms with E-state index in [1.165, 1.54) is 18.5 Å². The predicted octanol–water partition coefficient (Wildman–Crippen LogP) is 2.95. The van der Waals surface area contributed by atoms with Crippen molar-refractivity contribution < 1.29 is 0 Å². The van der Waals surface area contributed by atoms with Gasteiger partial charge in [-0.15, -0.1) is 0 Å². The summed E-state index contributed by atoms with van der Waals surface area (Å²) in [6.45, 7) is 1.09. The molecule has 1 aromatic carbocycles. The Bertz CT molecular complexity index is 498. The zero-order valence-corrected chi connectivity index (χ0v) is 10.2. The lowest BCUT2D eigenvalue weighted by Crippen LogP contribution is -2.16. The van der Waals surface area contributed by atoms with Crippen molar-refractivity contribution in [3.8, 4) is 5.69 Å². The Morgan fingerprint density at radius 1 is 1.29 bits per heavy atom. The van der Waals surface area contributed by atoms with Crippen LogP contribution in [0.5, 0.6) is 0 Å². The maximum Gasteiger partial charge on any atom is 0.0994 e. The van der Waals surface area contributed by atoms with Crippen molar-refractivity contribution in [2.45, 2.75) is 18.9 Å². The molecule has 3 nitrogen and oxygen atoms in total. The first-order chi connectivity index (χ1) is 8.34. The van der Waals surface area contributed by atoms with Crippen LogP contribution in [0.2, 0.25) is 5.02 Å². The van der Waals surface area contributed by atoms with Crippen LogP contribution in [-0.4, -0.2) is 16.1 Å². The Hall–Kier alpha value is -1.32. The highest BCUT2D eigenvalue weighted by molar-refractivity contribution is 6.30. The molecule has 0 bridgehead atoms. The van der Waals surface area contributed by atoms with Crippen molar-refractivity contribution in [3.63, 3.8) is 0 Å². The number of nitrogens with one attached hydrogen (secondary N) is 1. The van der Waals surface area contributed by atoms with E-state index in [1.807, 2.05) is 36.8 Å². The van der Waals surface area contributed by atoms with E-state index >= 15 is 0 Å². The molecule has 0 amide bonds. The van der Waals surface area contributed by atoms with Gasteiger partial charge in [0.05, 0.1) is 18.2 Å². The molecule has 1 aliphatic rings. The molecule has 2 aromatic rings. The van der Waals surface area contributed by atoms with Crippen molar-refractivity contribution in [1.29, 1.82) is 0 Å². The number of halogens is 1. The third-order valence-electron chi connectivity index (χ3n) is 3.19. The van der Waals surface area contributed by atoms with Crippen molar-refractivity contribution in [2.24, 2.45) is 0 Å². The summed E-state index contributed by atoms with van der Waals surface area (Å²) in [5.41, 5.74) is 2.33. The summed E-state index contributed by atoms with van der Waals surface area (Å²) < 4.78 is 2.12. The van der Waals surface area contributed by atoms with Crippen molar-refractivity contribution in [3.05, 3.63) is 47.5 Å². The zero-order chi connectivity index (χ0) is 11.7. The lowest BCUT2D eigenvalue weighted by Gasteiger charge is -2.13. The fourth-order valence-electron chi connectivity index (χ4n) is 2.32. The van der Waals surface area contributed by atoms with E-state index in [-0.39, 0.29) is 0 Å².